The second-order valence-electron chi connectivity index (χ2n) is 5.08. The van der Waals surface area contributed by atoms with Crippen molar-refractivity contribution in [3.05, 3.63) is 34.1 Å². The van der Waals surface area contributed by atoms with Crippen LogP contribution in [0.15, 0.2) is 23.0 Å². The molecule has 0 saturated heterocycles. The summed E-state index contributed by atoms with van der Waals surface area (Å²) >= 11 is 0. The summed E-state index contributed by atoms with van der Waals surface area (Å²) in [6.07, 6.45) is 0. The average Bonchev–Trinajstić information content (AvgIpc) is 3.00. The van der Waals surface area contributed by atoms with Crippen molar-refractivity contribution >= 4 is 22.8 Å². The Morgan fingerprint density at radius 3 is 2.79 bits per heavy atom. The number of H-pyrrole nitrogens is 1. The molecule has 1 aliphatic heterocycles. The van der Waals surface area contributed by atoms with Crippen molar-refractivity contribution in [2.75, 3.05) is 18.3 Å². The van der Waals surface area contributed by atoms with Crippen LogP contribution in [0.25, 0.3) is 22.2 Å². The number of hydrogen-bond acceptors (Lipinski definition) is 8. The van der Waals surface area contributed by atoms with E-state index in [9.17, 15) is 10.1 Å². The molecular weight excluding hydrogens is 312 g/mol. The molecule has 24 heavy (non-hydrogen) atoms. The lowest BCUT2D eigenvalue weighted by molar-refractivity contribution is 0.174. The summed E-state index contributed by atoms with van der Waals surface area (Å²) in [6.45, 7) is 0.113. The highest BCUT2D eigenvalue weighted by Gasteiger charge is 2.21. The Kier molecular flexibility index (Phi) is 2.80. The molecule has 0 fully saturated rings. The maximum Gasteiger partial charge on any atom is 0.262 e. The van der Waals surface area contributed by atoms with Crippen molar-refractivity contribution < 1.29 is 9.47 Å². The van der Waals surface area contributed by atoms with Gasteiger partial charge >= 0.3 is 0 Å². The number of ether oxygens (including phenoxy) is 2. The van der Waals surface area contributed by atoms with E-state index >= 15 is 0 Å². The second kappa shape index (κ2) is 4.85. The molecule has 0 amide bonds. The molecule has 1 aromatic carbocycles. The first-order valence-electron chi connectivity index (χ1n) is 6.87. The van der Waals surface area contributed by atoms with E-state index in [1.54, 1.807) is 18.2 Å². The molecule has 118 valence electrons. The smallest absolute Gasteiger partial charge is 0.262 e. The highest BCUT2D eigenvalue weighted by Crippen LogP contribution is 2.39. The number of pyridine rings is 1. The molecule has 5 N–H and O–H groups in total. The highest BCUT2D eigenvalue weighted by molar-refractivity contribution is 5.98. The third-order valence-electron chi connectivity index (χ3n) is 3.67. The van der Waals surface area contributed by atoms with E-state index in [1.165, 1.54) is 0 Å². The van der Waals surface area contributed by atoms with Gasteiger partial charge in [-0.2, -0.15) is 10.2 Å². The fourth-order valence-corrected chi connectivity index (χ4v) is 2.66. The number of rotatable bonds is 1. The predicted molar refractivity (Wildman–Crippen MR) is 85.3 cm³/mol. The van der Waals surface area contributed by atoms with Crippen molar-refractivity contribution in [3.8, 4) is 28.7 Å². The van der Waals surface area contributed by atoms with Crippen LogP contribution in [0.4, 0.5) is 11.8 Å². The maximum absolute atomic E-state index is 12.4. The molecule has 9 nitrogen and oxygen atoms in total. The molecule has 2 aromatic heterocycles. The van der Waals surface area contributed by atoms with Crippen LogP contribution < -0.4 is 26.5 Å². The Hall–Kier alpha value is -3.80. The minimum absolute atomic E-state index is 0.0323. The zero-order valence-corrected chi connectivity index (χ0v) is 12.2. The van der Waals surface area contributed by atoms with Crippen LogP contribution in [0.2, 0.25) is 0 Å². The molecular formula is C15H10N6O3. The van der Waals surface area contributed by atoms with E-state index in [2.05, 4.69) is 15.0 Å². The molecule has 9 heteroatoms. The summed E-state index contributed by atoms with van der Waals surface area (Å²) < 4.78 is 10.6. The van der Waals surface area contributed by atoms with Crippen LogP contribution in [0, 0.1) is 11.3 Å². The summed E-state index contributed by atoms with van der Waals surface area (Å²) in [4.78, 5) is 22.8. The monoisotopic (exact) mass is 322 g/mol. The molecule has 0 aliphatic carbocycles. The Labute approximate surface area is 134 Å². The van der Waals surface area contributed by atoms with Gasteiger partial charge in [-0.25, -0.2) is 4.98 Å². The largest absolute Gasteiger partial charge is 0.454 e. The van der Waals surface area contributed by atoms with E-state index in [-0.39, 0.29) is 35.2 Å². The third kappa shape index (κ3) is 1.90. The Balaban J connectivity index is 2.14. The van der Waals surface area contributed by atoms with E-state index in [1.807, 2.05) is 6.07 Å². The van der Waals surface area contributed by atoms with Crippen LogP contribution in [0.1, 0.15) is 5.56 Å². The fraction of sp³-hybridized carbons (Fsp3) is 0.0667. The number of benzene rings is 1. The fourth-order valence-electron chi connectivity index (χ4n) is 2.66. The van der Waals surface area contributed by atoms with E-state index in [0.717, 1.165) is 0 Å². The normalized spacial score (nSPS) is 12.3. The van der Waals surface area contributed by atoms with Crippen LogP contribution in [-0.4, -0.2) is 21.7 Å². The van der Waals surface area contributed by atoms with Gasteiger partial charge in [-0.05, 0) is 17.7 Å². The summed E-state index contributed by atoms with van der Waals surface area (Å²) in [5.74, 6) is 0.982. The first-order chi connectivity index (χ1) is 11.6. The van der Waals surface area contributed by atoms with Crippen LogP contribution >= 0.6 is 0 Å². The lowest BCUT2D eigenvalue weighted by atomic mass is 9.97. The number of nitrogens with one attached hydrogen (secondary N) is 1. The molecule has 3 aromatic rings. The summed E-state index contributed by atoms with van der Waals surface area (Å²) in [7, 11) is 0. The van der Waals surface area contributed by atoms with Gasteiger partial charge in [-0.1, -0.05) is 6.07 Å². The van der Waals surface area contributed by atoms with Gasteiger partial charge in [0.1, 0.15) is 17.5 Å². The molecule has 1 aliphatic rings. The highest BCUT2D eigenvalue weighted by atomic mass is 16.7. The van der Waals surface area contributed by atoms with Crippen molar-refractivity contribution in [2.45, 2.75) is 0 Å². The Bertz CT molecular complexity index is 1100. The molecule has 3 heterocycles. The van der Waals surface area contributed by atoms with Crippen molar-refractivity contribution in [3.63, 3.8) is 0 Å². The van der Waals surface area contributed by atoms with E-state index < -0.39 is 5.56 Å². The minimum atomic E-state index is -0.505. The van der Waals surface area contributed by atoms with Crippen LogP contribution in [0.3, 0.4) is 0 Å². The van der Waals surface area contributed by atoms with Gasteiger partial charge in [0.15, 0.2) is 17.1 Å². The number of fused-ring (bicyclic) bond motifs is 2. The van der Waals surface area contributed by atoms with Gasteiger partial charge < -0.3 is 20.9 Å². The lowest BCUT2D eigenvalue weighted by Gasteiger charge is -2.10. The van der Waals surface area contributed by atoms with Gasteiger partial charge in [-0.15, -0.1) is 0 Å². The number of aromatic amines is 1. The summed E-state index contributed by atoms with van der Waals surface area (Å²) in [5.41, 5.74) is 12.0. The Morgan fingerprint density at radius 2 is 2.00 bits per heavy atom. The number of nitrogens with zero attached hydrogens (tertiary/aromatic N) is 3. The molecule has 0 radical (unpaired) electrons. The molecule has 0 saturated carbocycles. The van der Waals surface area contributed by atoms with Gasteiger partial charge in [0, 0.05) is 5.56 Å². The lowest BCUT2D eigenvalue weighted by Crippen LogP contribution is -2.15. The van der Waals surface area contributed by atoms with Crippen LogP contribution in [-0.2, 0) is 0 Å². The quantitative estimate of drug-likeness (QED) is 0.593. The first-order valence-corrected chi connectivity index (χ1v) is 6.87. The number of hydrogen-bond donors (Lipinski definition) is 3. The summed E-state index contributed by atoms with van der Waals surface area (Å²) in [6, 6.07) is 7.07. The van der Waals surface area contributed by atoms with Crippen molar-refractivity contribution in [2.24, 2.45) is 0 Å². The first kappa shape index (κ1) is 13.8. The van der Waals surface area contributed by atoms with Gasteiger partial charge in [-0.3, -0.25) is 9.78 Å². The van der Waals surface area contributed by atoms with Gasteiger partial charge in [0.2, 0.25) is 12.7 Å². The second-order valence-corrected chi connectivity index (χ2v) is 5.08. The molecule has 0 spiro atoms. The minimum Gasteiger partial charge on any atom is -0.454 e. The van der Waals surface area contributed by atoms with Crippen molar-refractivity contribution in [1.82, 2.24) is 15.0 Å². The molecule has 0 atom stereocenters. The zero-order chi connectivity index (χ0) is 16.8. The van der Waals surface area contributed by atoms with Gasteiger partial charge in [0.25, 0.3) is 5.56 Å². The van der Waals surface area contributed by atoms with E-state index in [4.69, 9.17) is 20.9 Å². The number of anilines is 2. The number of aromatic nitrogens is 3. The summed E-state index contributed by atoms with van der Waals surface area (Å²) in [5, 5.41) is 9.61. The predicted octanol–water partition coefficient (Wildman–Crippen LogP) is 0.750. The molecule has 0 unspecified atom stereocenters. The average molecular weight is 322 g/mol. The third-order valence-corrected chi connectivity index (χ3v) is 3.67. The number of nitrogens with two attached hydrogens (primary N) is 2. The topological polar surface area (TPSA) is 153 Å². The molecule has 4 rings (SSSR count). The number of nitriles is 1. The zero-order valence-electron chi connectivity index (χ0n) is 12.2. The molecule has 0 bridgehead atoms. The number of nitrogen functional groups attached to an aromatic ring is 2. The van der Waals surface area contributed by atoms with Crippen molar-refractivity contribution in [1.29, 1.82) is 5.26 Å². The van der Waals surface area contributed by atoms with Gasteiger partial charge in [0.05, 0.1) is 5.39 Å². The van der Waals surface area contributed by atoms with E-state index in [0.29, 0.717) is 22.6 Å². The Morgan fingerprint density at radius 1 is 1.21 bits per heavy atom. The standard InChI is InChI=1S/C15H10N6O3/c16-4-7-10(6-1-2-8-9(3-6)24-5-23-8)11-13(19-12(7)17)20-15(18)21-14(11)22/h1-3H,5H2,(H5,17,18,19,20,21,22). The van der Waals surface area contributed by atoms with Crippen LogP contribution in [0.5, 0.6) is 11.5 Å². The maximum atomic E-state index is 12.4. The SMILES string of the molecule is N#Cc1c(N)nc2nc(N)[nH]c(=O)c2c1-c1ccc2c(c1)OCO2.